The molecule has 0 fully saturated rings. The average Bonchev–Trinajstić information content (AvgIpc) is 2.14. The highest BCUT2D eigenvalue weighted by Gasteiger charge is 2.30. The molecule has 0 aromatic heterocycles. The van der Waals surface area contributed by atoms with Gasteiger partial charge in [0.1, 0.15) is 6.61 Å². The van der Waals surface area contributed by atoms with E-state index in [0.29, 0.717) is 0 Å². The standard InChI is InChI=1S/C9H6BrF3O2/c10-7-3-1-6(2-4-7)8(14)5-15-9(11,12)13/h1-4H,5H2. The minimum atomic E-state index is -4.77. The van der Waals surface area contributed by atoms with E-state index in [1.54, 1.807) is 12.1 Å². The Labute approximate surface area is 92.2 Å². The number of ketones is 1. The third-order valence-corrected chi connectivity index (χ3v) is 2.06. The highest BCUT2D eigenvalue weighted by Crippen LogP contribution is 2.17. The van der Waals surface area contributed by atoms with E-state index in [1.165, 1.54) is 12.1 Å². The zero-order valence-electron chi connectivity index (χ0n) is 7.34. The SMILES string of the molecule is O=C(COC(F)(F)F)c1ccc(Br)cc1. The van der Waals surface area contributed by atoms with Crippen LogP contribution < -0.4 is 0 Å². The van der Waals surface area contributed by atoms with Crippen molar-refractivity contribution in [3.8, 4) is 0 Å². The lowest BCUT2D eigenvalue weighted by atomic mass is 10.1. The second-order valence-electron chi connectivity index (χ2n) is 2.66. The van der Waals surface area contributed by atoms with Gasteiger partial charge in [0.15, 0.2) is 5.78 Å². The molecule has 82 valence electrons. The number of alkyl halides is 3. The summed E-state index contributed by atoms with van der Waals surface area (Å²) in [4.78, 5) is 11.2. The Morgan fingerprint density at radius 2 is 1.80 bits per heavy atom. The smallest absolute Gasteiger partial charge is 0.292 e. The molecule has 0 aliphatic carbocycles. The van der Waals surface area contributed by atoms with Crippen molar-refractivity contribution in [1.82, 2.24) is 0 Å². The molecule has 0 saturated carbocycles. The van der Waals surface area contributed by atoms with E-state index in [4.69, 9.17) is 0 Å². The lowest BCUT2D eigenvalue weighted by Crippen LogP contribution is -2.19. The molecule has 0 amide bonds. The minimum Gasteiger partial charge on any atom is -0.292 e. The second kappa shape index (κ2) is 4.76. The molecule has 0 aliphatic rings. The van der Waals surface area contributed by atoms with Crippen LogP contribution in [0.15, 0.2) is 28.7 Å². The Morgan fingerprint density at radius 3 is 2.27 bits per heavy atom. The van der Waals surface area contributed by atoms with E-state index in [0.717, 1.165) is 4.47 Å². The molecule has 0 N–H and O–H groups in total. The Bertz CT molecular complexity index is 345. The van der Waals surface area contributed by atoms with Crippen LogP contribution in [0.3, 0.4) is 0 Å². The summed E-state index contributed by atoms with van der Waals surface area (Å²) in [6.45, 7) is -0.995. The number of halogens is 4. The van der Waals surface area contributed by atoms with Gasteiger partial charge in [0.25, 0.3) is 0 Å². The second-order valence-corrected chi connectivity index (χ2v) is 3.58. The predicted molar refractivity (Wildman–Crippen MR) is 50.5 cm³/mol. The van der Waals surface area contributed by atoms with Crippen molar-refractivity contribution in [3.05, 3.63) is 34.3 Å². The van der Waals surface area contributed by atoms with Crippen molar-refractivity contribution in [2.24, 2.45) is 0 Å². The van der Waals surface area contributed by atoms with Crippen LogP contribution in [0.5, 0.6) is 0 Å². The summed E-state index contributed by atoms with van der Waals surface area (Å²) < 4.78 is 39.0. The first-order valence-corrected chi connectivity index (χ1v) is 4.67. The van der Waals surface area contributed by atoms with Crippen molar-refractivity contribution in [2.45, 2.75) is 6.36 Å². The number of hydrogen-bond donors (Lipinski definition) is 0. The molecule has 0 spiro atoms. The van der Waals surface area contributed by atoms with Crippen molar-refractivity contribution in [1.29, 1.82) is 0 Å². The molecule has 6 heteroatoms. The Balaban J connectivity index is 2.58. The number of Topliss-reactive ketones (excluding diaryl/α,β-unsaturated/α-hetero) is 1. The molecule has 0 saturated heterocycles. The molecule has 0 radical (unpaired) electrons. The van der Waals surface area contributed by atoms with Gasteiger partial charge in [-0.25, -0.2) is 0 Å². The van der Waals surface area contributed by atoms with Gasteiger partial charge in [0.05, 0.1) is 0 Å². The van der Waals surface area contributed by atoms with Crippen molar-refractivity contribution in [3.63, 3.8) is 0 Å². The molecule has 15 heavy (non-hydrogen) atoms. The fourth-order valence-electron chi connectivity index (χ4n) is 0.866. The molecule has 0 bridgehead atoms. The van der Waals surface area contributed by atoms with E-state index in [2.05, 4.69) is 20.7 Å². The Kier molecular flexibility index (Phi) is 3.87. The van der Waals surface area contributed by atoms with Gasteiger partial charge in [-0.3, -0.25) is 9.53 Å². The van der Waals surface area contributed by atoms with E-state index >= 15 is 0 Å². The first-order valence-electron chi connectivity index (χ1n) is 3.88. The van der Waals surface area contributed by atoms with Crippen LogP contribution in [0.1, 0.15) is 10.4 Å². The zero-order chi connectivity index (χ0) is 11.5. The maximum absolute atomic E-state index is 11.6. The summed E-state index contributed by atoms with van der Waals surface area (Å²) in [5, 5.41) is 0. The van der Waals surface area contributed by atoms with E-state index < -0.39 is 18.8 Å². The van der Waals surface area contributed by atoms with Gasteiger partial charge in [0, 0.05) is 10.0 Å². The summed E-state index contributed by atoms with van der Waals surface area (Å²) in [5.74, 6) is -0.708. The normalized spacial score (nSPS) is 11.5. The first-order chi connectivity index (χ1) is 6.88. The molecule has 0 heterocycles. The van der Waals surface area contributed by atoms with Crippen molar-refractivity contribution < 1.29 is 22.7 Å². The summed E-state index contributed by atoms with van der Waals surface area (Å²) >= 11 is 3.14. The van der Waals surface area contributed by atoms with Gasteiger partial charge in [-0.2, -0.15) is 0 Å². The zero-order valence-corrected chi connectivity index (χ0v) is 8.93. The Hall–Kier alpha value is -0.880. The van der Waals surface area contributed by atoms with E-state index in [-0.39, 0.29) is 5.56 Å². The molecular weight excluding hydrogens is 277 g/mol. The molecule has 2 nitrogen and oxygen atoms in total. The van der Waals surface area contributed by atoms with Gasteiger partial charge < -0.3 is 0 Å². The number of rotatable bonds is 3. The highest BCUT2D eigenvalue weighted by molar-refractivity contribution is 9.10. The maximum atomic E-state index is 11.6. The van der Waals surface area contributed by atoms with Crippen LogP contribution >= 0.6 is 15.9 Å². The third kappa shape index (κ3) is 4.44. The number of hydrogen-bond acceptors (Lipinski definition) is 2. The number of carbonyl (C=O) groups is 1. The van der Waals surface area contributed by atoms with Crippen molar-refractivity contribution in [2.75, 3.05) is 6.61 Å². The largest absolute Gasteiger partial charge is 0.522 e. The summed E-state index contributed by atoms with van der Waals surface area (Å²) in [6.07, 6.45) is -4.77. The van der Waals surface area contributed by atoms with Crippen LogP contribution in [-0.4, -0.2) is 18.8 Å². The fourth-order valence-corrected chi connectivity index (χ4v) is 1.13. The van der Waals surface area contributed by atoms with Crippen LogP contribution in [0.4, 0.5) is 13.2 Å². The lowest BCUT2D eigenvalue weighted by molar-refractivity contribution is -0.318. The van der Waals surface area contributed by atoms with Gasteiger partial charge in [-0.1, -0.05) is 28.1 Å². The predicted octanol–water partition coefficient (Wildman–Crippen LogP) is 3.17. The van der Waals surface area contributed by atoms with Crippen LogP contribution in [0, 0.1) is 0 Å². The van der Waals surface area contributed by atoms with Crippen LogP contribution in [-0.2, 0) is 4.74 Å². The molecule has 0 atom stereocenters. The van der Waals surface area contributed by atoms with Gasteiger partial charge in [-0.15, -0.1) is 13.2 Å². The Morgan fingerprint density at radius 1 is 1.27 bits per heavy atom. The fraction of sp³-hybridized carbons (Fsp3) is 0.222. The minimum absolute atomic E-state index is 0.183. The molecule has 1 aromatic rings. The summed E-state index contributed by atoms with van der Waals surface area (Å²) in [7, 11) is 0. The molecule has 0 aliphatic heterocycles. The van der Waals surface area contributed by atoms with Gasteiger partial charge in [0.2, 0.25) is 0 Å². The summed E-state index contributed by atoms with van der Waals surface area (Å²) in [6, 6.07) is 5.99. The van der Waals surface area contributed by atoms with Gasteiger partial charge >= 0.3 is 6.36 Å². The third-order valence-electron chi connectivity index (χ3n) is 1.53. The van der Waals surface area contributed by atoms with Crippen molar-refractivity contribution >= 4 is 21.7 Å². The lowest BCUT2D eigenvalue weighted by Gasteiger charge is -2.06. The summed E-state index contributed by atoms with van der Waals surface area (Å²) in [5.41, 5.74) is 0.183. The monoisotopic (exact) mass is 282 g/mol. The van der Waals surface area contributed by atoms with E-state index in [1.807, 2.05) is 0 Å². The van der Waals surface area contributed by atoms with E-state index in [9.17, 15) is 18.0 Å². The number of benzene rings is 1. The molecule has 0 unspecified atom stereocenters. The average molecular weight is 283 g/mol. The maximum Gasteiger partial charge on any atom is 0.522 e. The van der Waals surface area contributed by atoms with Crippen LogP contribution in [0.2, 0.25) is 0 Å². The number of ether oxygens (including phenoxy) is 1. The highest BCUT2D eigenvalue weighted by atomic mass is 79.9. The van der Waals surface area contributed by atoms with Crippen LogP contribution in [0.25, 0.3) is 0 Å². The van der Waals surface area contributed by atoms with Gasteiger partial charge in [-0.05, 0) is 12.1 Å². The molecular formula is C9H6BrF3O2. The quantitative estimate of drug-likeness (QED) is 0.796. The molecule has 1 aromatic carbocycles. The topological polar surface area (TPSA) is 26.3 Å². The molecule has 1 rings (SSSR count). The number of carbonyl (C=O) groups excluding carboxylic acids is 1. The first kappa shape index (κ1) is 12.2.